The van der Waals surface area contributed by atoms with Crippen molar-refractivity contribution in [2.75, 3.05) is 12.8 Å². The minimum Gasteiger partial charge on any atom is -0.338 e. The molecule has 0 atom stereocenters. The van der Waals surface area contributed by atoms with Crippen LogP contribution in [0.15, 0.2) is 0 Å². The summed E-state index contributed by atoms with van der Waals surface area (Å²) in [7, 11) is 0. The Morgan fingerprint density at radius 1 is 1.60 bits per heavy atom. The molecule has 0 saturated carbocycles. The van der Waals surface area contributed by atoms with Crippen LogP contribution in [-0.4, -0.2) is 24.2 Å². The highest BCUT2D eigenvalue weighted by molar-refractivity contribution is 8.12. The summed E-state index contributed by atoms with van der Waals surface area (Å²) in [5, 5.41) is 1.00. The van der Waals surface area contributed by atoms with E-state index in [1.165, 1.54) is 6.26 Å². The topological polar surface area (TPSA) is 29.1 Å². The number of halogens is 3. The molecule has 1 amide bonds. The Kier molecular flexibility index (Phi) is 3.55. The molecule has 0 aromatic rings. The smallest absolute Gasteiger partial charge is 0.338 e. The summed E-state index contributed by atoms with van der Waals surface area (Å²) in [5.74, 6) is 0. The van der Waals surface area contributed by atoms with Crippen LogP contribution in [0.25, 0.3) is 0 Å². The Morgan fingerprint density at radius 3 is 2.40 bits per heavy atom. The Bertz CT molecular complexity index is 124. The van der Waals surface area contributed by atoms with Crippen molar-refractivity contribution in [1.29, 1.82) is 0 Å². The number of hydrogen-bond donors (Lipinski definition) is 1. The number of thioether (sulfide) groups is 1. The molecule has 0 unspecified atom stereocenters. The summed E-state index contributed by atoms with van der Waals surface area (Å²) < 4.78 is 34.0. The summed E-state index contributed by atoms with van der Waals surface area (Å²) >= 11 is 0.715. The number of nitrogens with one attached hydrogen (secondary N) is 1. The zero-order valence-electron chi connectivity index (χ0n) is 5.16. The van der Waals surface area contributed by atoms with E-state index in [4.69, 9.17) is 0 Å². The first-order valence-electron chi connectivity index (χ1n) is 2.34. The van der Waals surface area contributed by atoms with Crippen LogP contribution in [0.3, 0.4) is 0 Å². The highest BCUT2D eigenvalue weighted by atomic mass is 32.2. The van der Waals surface area contributed by atoms with Gasteiger partial charge in [-0.1, -0.05) is 11.8 Å². The summed E-state index contributed by atoms with van der Waals surface area (Å²) in [6.07, 6.45) is -2.91. The Balaban J connectivity index is 3.46. The van der Waals surface area contributed by atoms with E-state index in [9.17, 15) is 18.0 Å². The molecule has 0 radical (unpaired) electrons. The van der Waals surface area contributed by atoms with Gasteiger partial charge in [0.15, 0.2) is 0 Å². The van der Waals surface area contributed by atoms with Gasteiger partial charge >= 0.3 is 6.18 Å². The van der Waals surface area contributed by atoms with Crippen molar-refractivity contribution in [1.82, 2.24) is 5.32 Å². The van der Waals surface area contributed by atoms with Gasteiger partial charge in [-0.05, 0) is 6.26 Å². The van der Waals surface area contributed by atoms with Gasteiger partial charge in [0.25, 0.3) is 5.24 Å². The van der Waals surface area contributed by atoms with Gasteiger partial charge in [-0.25, -0.2) is 0 Å². The van der Waals surface area contributed by atoms with E-state index in [-0.39, 0.29) is 0 Å². The molecule has 0 aromatic heterocycles. The lowest BCUT2D eigenvalue weighted by atomic mass is 10.6. The second-order valence-corrected chi connectivity index (χ2v) is 2.24. The van der Waals surface area contributed by atoms with E-state index < -0.39 is 18.0 Å². The molecule has 0 aliphatic heterocycles. The van der Waals surface area contributed by atoms with E-state index in [1.807, 2.05) is 0 Å². The number of carbonyl (C=O) groups is 1. The molecule has 0 saturated heterocycles. The molecular formula is C4H6F3NOS. The highest BCUT2D eigenvalue weighted by Crippen LogP contribution is 2.12. The zero-order chi connectivity index (χ0) is 8.20. The molecule has 1 N–H and O–H groups in total. The quantitative estimate of drug-likeness (QED) is 0.652. The average Bonchev–Trinajstić information content (AvgIpc) is 1.81. The van der Waals surface area contributed by atoms with E-state index in [0.29, 0.717) is 11.8 Å². The van der Waals surface area contributed by atoms with Crippen LogP contribution in [0, 0.1) is 0 Å². The van der Waals surface area contributed by atoms with Crippen molar-refractivity contribution in [3.8, 4) is 0 Å². The first-order chi connectivity index (χ1) is 4.45. The lowest BCUT2D eigenvalue weighted by Gasteiger charge is -2.05. The minimum absolute atomic E-state index is 0.669. The van der Waals surface area contributed by atoms with Gasteiger partial charge in [0.2, 0.25) is 0 Å². The van der Waals surface area contributed by atoms with Gasteiger partial charge in [-0.2, -0.15) is 13.2 Å². The maximum Gasteiger partial charge on any atom is 0.405 e. The maximum absolute atomic E-state index is 11.3. The van der Waals surface area contributed by atoms with Crippen LogP contribution in [-0.2, 0) is 0 Å². The molecule has 0 aliphatic rings. The third kappa shape index (κ3) is 5.74. The van der Waals surface area contributed by atoms with Gasteiger partial charge in [0.1, 0.15) is 6.54 Å². The molecule has 0 bridgehead atoms. The van der Waals surface area contributed by atoms with Gasteiger partial charge in [0.05, 0.1) is 0 Å². The van der Waals surface area contributed by atoms with Crippen molar-refractivity contribution >= 4 is 17.0 Å². The molecule has 0 aliphatic carbocycles. The Labute approximate surface area is 60.2 Å². The number of amides is 1. The second kappa shape index (κ2) is 3.70. The zero-order valence-corrected chi connectivity index (χ0v) is 5.97. The third-order valence-electron chi connectivity index (χ3n) is 0.619. The maximum atomic E-state index is 11.3. The van der Waals surface area contributed by atoms with Gasteiger partial charge in [0, 0.05) is 0 Å². The Morgan fingerprint density at radius 2 is 2.10 bits per heavy atom. The molecule has 6 heteroatoms. The Hall–Kier alpha value is -0.390. The van der Waals surface area contributed by atoms with Crippen molar-refractivity contribution in [3.05, 3.63) is 0 Å². The summed E-state index contributed by atoms with van der Waals surface area (Å²) in [6.45, 7) is -1.26. The second-order valence-electron chi connectivity index (χ2n) is 1.46. The molecule has 0 spiro atoms. The van der Waals surface area contributed by atoms with E-state index in [2.05, 4.69) is 0 Å². The average molecular weight is 173 g/mol. The number of hydrogen-bond acceptors (Lipinski definition) is 2. The fourth-order valence-corrected chi connectivity index (χ4v) is 0.461. The lowest BCUT2D eigenvalue weighted by Crippen LogP contribution is -2.31. The molecule has 0 heterocycles. The molecule has 2 nitrogen and oxygen atoms in total. The van der Waals surface area contributed by atoms with Crippen molar-refractivity contribution in [2.24, 2.45) is 0 Å². The van der Waals surface area contributed by atoms with Crippen LogP contribution in [0.1, 0.15) is 0 Å². The largest absolute Gasteiger partial charge is 0.405 e. The fourth-order valence-electron chi connectivity index (χ4n) is 0.245. The van der Waals surface area contributed by atoms with Crippen LogP contribution < -0.4 is 5.32 Å². The van der Waals surface area contributed by atoms with Gasteiger partial charge in [-0.3, -0.25) is 4.79 Å². The number of rotatable bonds is 1. The SMILES string of the molecule is CSC(=O)NCC(F)(F)F. The van der Waals surface area contributed by atoms with Crippen molar-refractivity contribution < 1.29 is 18.0 Å². The first-order valence-corrected chi connectivity index (χ1v) is 3.57. The predicted octanol–water partition coefficient (Wildman–Crippen LogP) is 1.62. The van der Waals surface area contributed by atoms with Crippen LogP contribution in [0.4, 0.5) is 18.0 Å². The molecule has 0 fully saturated rings. The molecular weight excluding hydrogens is 167 g/mol. The summed E-state index contributed by atoms with van der Waals surface area (Å²) in [4.78, 5) is 10.2. The summed E-state index contributed by atoms with van der Waals surface area (Å²) in [6, 6.07) is 0. The van der Waals surface area contributed by atoms with Gasteiger partial charge < -0.3 is 5.32 Å². The molecule has 10 heavy (non-hydrogen) atoms. The van der Waals surface area contributed by atoms with Crippen molar-refractivity contribution in [2.45, 2.75) is 6.18 Å². The van der Waals surface area contributed by atoms with E-state index >= 15 is 0 Å². The fraction of sp³-hybridized carbons (Fsp3) is 0.750. The monoisotopic (exact) mass is 173 g/mol. The third-order valence-corrected chi connectivity index (χ3v) is 1.13. The predicted molar refractivity (Wildman–Crippen MR) is 33.0 cm³/mol. The van der Waals surface area contributed by atoms with Crippen molar-refractivity contribution in [3.63, 3.8) is 0 Å². The molecule has 0 rings (SSSR count). The van der Waals surface area contributed by atoms with Crippen LogP contribution >= 0.6 is 11.8 Å². The standard InChI is InChI=1S/C4H6F3NOS/c1-10-3(9)8-2-4(5,6)7/h2H2,1H3,(H,8,9). The lowest BCUT2D eigenvalue weighted by molar-refractivity contribution is -0.122. The molecule has 0 aromatic carbocycles. The normalized spacial score (nSPS) is 11.2. The van der Waals surface area contributed by atoms with E-state index in [1.54, 1.807) is 5.32 Å². The number of carbonyl (C=O) groups excluding carboxylic acids is 1. The van der Waals surface area contributed by atoms with Gasteiger partial charge in [-0.15, -0.1) is 0 Å². The number of alkyl halides is 3. The minimum atomic E-state index is -4.31. The van der Waals surface area contributed by atoms with E-state index in [0.717, 1.165) is 0 Å². The molecule has 60 valence electrons. The van der Waals surface area contributed by atoms with Crippen LogP contribution in [0.2, 0.25) is 0 Å². The first kappa shape index (κ1) is 9.61. The van der Waals surface area contributed by atoms with Crippen LogP contribution in [0.5, 0.6) is 0 Å². The highest BCUT2D eigenvalue weighted by Gasteiger charge is 2.27. The summed E-state index contributed by atoms with van der Waals surface area (Å²) in [5.41, 5.74) is 0.